The summed E-state index contributed by atoms with van der Waals surface area (Å²) in [5, 5.41) is 3.10. The lowest BCUT2D eigenvalue weighted by atomic mass is 10.0. The quantitative estimate of drug-likeness (QED) is 0.308. The molecule has 140 valence electrons. The van der Waals surface area contributed by atoms with Gasteiger partial charge >= 0.3 is 0 Å². The number of carbonyl (C=O) groups is 2. The Morgan fingerprint density at radius 1 is 0.750 bits per heavy atom. The minimum Gasteiger partial charge on any atom is -0.352 e. The Morgan fingerprint density at radius 2 is 1.25 bits per heavy atom. The van der Waals surface area contributed by atoms with E-state index in [4.69, 9.17) is 0 Å². The number of nitrogens with one attached hydrogen (secondary N) is 1. The third kappa shape index (κ3) is 5.27. The Hall–Kier alpha value is -2.50. The molecule has 3 aromatic carbocycles. The number of ketones is 2. The molecule has 28 heavy (non-hydrogen) atoms. The molecule has 0 aromatic heterocycles. The van der Waals surface area contributed by atoms with Gasteiger partial charge in [-0.25, -0.2) is 0 Å². The summed E-state index contributed by atoms with van der Waals surface area (Å²) >= 11 is 6.73. The molecule has 0 atom stereocenters. The van der Waals surface area contributed by atoms with Crippen molar-refractivity contribution in [1.82, 2.24) is 0 Å². The van der Waals surface area contributed by atoms with Crippen LogP contribution in [0.3, 0.4) is 0 Å². The Kier molecular flexibility index (Phi) is 6.60. The number of aryl methyl sites for hydroxylation is 1. The highest BCUT2D eigenvalue weighted by Gasteiger charge is 2.15. The van der Waals surface area contributed by atoms with Gasteiger partial charge in [-0.05, 0) is 67.6 Å². The number of hydrogen-bond acceptors (Lipinski definition) is 3. The summed E-state index contributed by atoms with van der Waals surface area (Å²) in [4.78, 5) is 25.8. The van der Waals surface area contributed by atoms with E-state index in [1.54, 1.807) is 48.5 Å². The molecule has 0 amide bonds. The van der Waals surface area contributed by atoms with E-state index in [0.717, 1.165) is 20.2 Å². The first-order chi connectivity index (χ1) is 13.4. The minimum absolute atomic E-state index is 0.221. The summed E-state index contributed by atoms with van der Waals surface area (Å²) < 4.78 is 1.77. The molecule has 5 heteroatoms. The van der Waals surface area contributed by atoms with E-state index in [9.17, 15) is 9.59 Å². The fourth-order valence-electron chi connectivity index (χ4n) is 2.54. The van der Waals surface area contributed by atoms with Crippen molar-refractivity contribution in [3.05, 3.63) is 110 Å². The van der Waals surface area contributed by atoms with Crippen molar-refractivity contribution in [2.24, 2.45) is 0 Å². The average Bonchev–Trinajstić information content (AvgIpc) is 2.69. The van der Waals surface area contributed by atoms with Gasteiger partial charge in [0.1, 0.15) is 0 Å². The molecule has 0 unspecified atom stereocenters. The molecular weight excluding hydrogens is 482 g/mol. The monoisotopic (exact) mass is 497 g/mol. The summed E-state index contributed by atoms with van der Waals surface area (Å²) in [6.45, 7) is 1.99. The van der Waals surface area contributed by atoms with Gasteiger partial charge in [0.15, 0.2) is 5.78 Å². The number of carbonyl (C=O) groups excluding carboxylic acids is 2. The van der Waals surface area contributed by atoms with Gasteiger partial charge in [-0.2, -0.15) is 0 Å². The number of Topliss-reactive ketones (excluding diaryl/α,β-unsaturated/α-hetero) is 1. The van der Waals surface area contributed by atoms with Gasteiger partial charge in [0.25, 0.3) is 0 Å². The molecule has 1 N–H and O–H groups in total. The summed E-state index contributed by atoms with van der Waals surface area (Å²) in [5.74, 6) is -0.494. The van der Waals surface area contributed by atoms with Crippen LogP contribution in [-0.4, -0.2) is 11.6 Å². The number of halogens is 2. The first-order valence-electron chi connectivity index (χ1n) is 8.58. The molecular formula is C23H17Br2NO2. The second-order valence-corrected chi connectivity index (χ2v) is 8.09. The molecule has 3 nitrogen and oxygen atoms in total. The molecule has 0 aliphatic rings. The fourth-order valence-corrected chi connectivity index (χ4v) is 3.06. The molecule has 0 aliphatic carbocycles. The van der Waals surface area contributed by atoms with Crippen LogP contribution < -0.4 is 5.32 Å². The Balaban J connectivity index is 1.96. The van der Waals surface area contributed by atoms with E-state index in [2.05, 4.69) is 37.2 Å². The lowest BCUT2D eigenvalue weighted by molar-refractivity contribution is 0.101. The molecule has 0 aliphatic heterocycles. The van der Waals surface area contributed by atoms with E-state index in [0.29, 0.717) is 11.1 Å². The maximum Gasteiger partial charge on any atom is 0.209 e. The van der Waals surface area contributed by atoms with Gasteiger partial charge < -0.3 is 5.32 Å². The number of rotatable bonds is 6. The first kappa shape index (κ1) is 20.2. The smallest absolute Gasteiger partial charge is 0.209 e. The summed E-state index contributed by atoms with van der Waals surface area (Å²) in [6.07, 6.45) is 1.35. The van der Waals surface area contributed by atoms with E-state index in [1.807, 2.05) is 31.2 Å². The standard InChI is InChI=1S/C23H17Br2NO2/c1-15-2-12-20(13-3-15)26-21(23(28)17-6-10-19(25)11-7-17)14-22(27)16-4-8-18(24)9-5-16/h2-14,26H,1H3/b21-14+. The molecule has 3 aromatic rings. The third-order valence-electron chi connectivity index (χ3n) is 4.09. The van der Waals surface area contributed by atoms with Gasteiger partial charge in [-0.3, -0.25) is 9.59 Å². The lowest BCUT2D eigenvalue weighted by Crippen LogP contribution is -2.14. The SMILES string of the molecule is Cc1ccc(N/C(=C/C(=O)c2ccc(Br)cc2)C(=O)c2ccc(Br)cc2)cc1. The van der Waals surface area contributed by atoms with E-state index < -0.39 is 0 Å². The average molecular weight is 499 g/mol. The summed E-state index contributed by atoms with van der Waals surface area (Å²) in [6, 6.07) is 21.7. The van der Waals surface area contributed by atoms with Crippen LogP contribution in [0.1, 0.15) is 26.3 Å². The summed E-state index contributed by atoms with van der Waals surface area (Å²) in [5.41, 5.74) is 3.08. The van der Waals surface area contributed by atoms with Crippen LogP contribution >= 0.6 is 31.9 Å². The van der Waals surface area contributed by atoms with Crippen molar-refractivity contribution in [2.45, 2.75) is 6.92 Å². The Morgan fingerprint density at radius 3 is 1.79 bits per heavy atom. The van der Waals surface area contributed by atoms with Crippen LogP contribution in [0.4, 0.5) is 5.69 Å². The molecule has 0 spiro atoms. The van der Waals surface area contributed by atoms with E-state index in [-0.39, 0.29) is 17.3 Å². The summed E-state index contributed by atoms with van der Waals surface area (Å²) in [7, 11) is 0. The fraction of sp³-hybridized carbons (Fsp3) is 0.0435. The predicted molar refractivity (Wildman–Crippen MR) is 120 cm³/mol. The first-order valence-corrected chi connectivity index (χ1v) is 10.2. The number of hydrogen-bond donors (Lipinski definition) is 1. The van der Waals surface area contributed by atoms with Gasteiger partial charge in [-0.1, -0.05) is 49.6 Å². The van der Waals surface area contributed by atoms with E-state index in [1.165, 1.54) is 6.08 Å². The number of benzene rings is 3. The zero-order valence-electron chi connectivity index (χ0n) is 15.1. The van der Waals surface area contributed by atoms with Crippen molar-refractivity contribution < 1.29 is 9.59 Å². The zero-order chi connectivity index (χ0) is 20.1. The third-order valence-corrected chi connectivity index (χ3v) is 5.14. The van der Waals surface area contributed by atoms with Crippen molar-refractivity contribution in [1.29, 1.82) is 0 Å². The van der Waals surface area contributed by atoms with Crippen molar-refractivity contribution in [3.8, 4) is 0 Å². The second-order valence-electron chi connectivity index (χ2n) is 6.26. The van der Waals surface area contributed by atoms with Crippen molar-refractivity contribution in [3.63, 3.8) is 0 Å². The highest BCUT2D eigenvalue weighted by Crippen LogP contribution is 2.19. The molecule has 0 saturated heterocycles. The highest BCUT2D eigenvalue weighted by molar-refractivity contribution is 9.10. The van der Waals surface area contributed by atoms with Gasteiger partial charge in [0.05, 0.1) is 5.70 Å². The van der Waals surface area contributed by atoms with Gasteiger partial charge in [0.2, 0.25) is 5.78 Å². The molecule has 0 saturated carbocycles. The van der Waals surface area contributed by atoms with Crippen LogP contribution in [0, 0.1) is 6.92 Å². The largest absolute Gasteiger partial charge is 0.352 e. The molecule has 0 bridgehead atoms. The predicted octanol–water partition coefficient (Wildman–Crippen LogP) is 6.58. The van der Waals surface area contributed by atoms with E-state index >= 15 is 0 Å². The van der Waals surface area contributed by atoms with Crippen LogP contribution in [0.2, 0.25) is 0 Å². The molecule has 3 rings (SSSR count). The van der Waals surface area contributed by atoms with Gasteiger partial charge in [0, 0.05) is 31.8 Å². The minimum atomic E-state index is -0.251. The Bertz CT molecular complexity index is 1020. The molecule has 0 heterocycles. The normalized spacial score (nSPS) is 11.2. The second kappa shape index (κ2) is 9.13. The molecule has 0 fully saturated rings. The maximum absolute atomic E-state index is 13.0. The number of allylic oxidation sites excluding steroid dienone is 2. The van der Waals surface area contributed by atoms with Crippen LogP contribution in [-0.2, 0) is 0 Å². The van der Waals surface area contributed by atoms with Crippen molar-refractivity contribution in [2.75, 3.05) is 5.32 Å². The molecule has 0 radical (unpaired) electrons. The van der Waals surface area contributed by atoms with Crippen LogP contribution in [0.15, 0.2) is 93.5 Å². The zero-order valence-corrected chi connectivity index (χ0v) is 18.2. The topological polar surface area (TPSA) is 46.2 Å². The van der Waals surface area contributed by atoms with Crippen LogP contribution in [0.25, 0.3) is 0 Å². The Labute approximate surface area is 180 Å². The van der Waals surface area contributed by atoms with Gasteiger partial charge in [-0.15, -0.1) is 0 Å². The van der Waals surface area contributed by atoms with Crippen LogP contribution in [0.5, 0.6) is 0 Å². The lowest BCUT2D eigenvalue weighted by Gasteiger charge is -2.11. The highest BCUT2D eigenvalue weighted by atomic mass is 79.9. The number of anilines is 1. The maximum atomic E-state index is 13.0. The van der Waals surface area contributed by atoms with Crippen molar-refractivity contribution >= 4 is 49.1 Å².